The van der Waals surface area contributed by atoms with E-state index in [1.54, 1.807) is 0 Å². The van der Waals surface area contributed by atoms with Gasteiger partial charge in [0.15, 0.2) is 33.6 Å². The first kappa shape index (κ1) is 18.3. The second-order valence-electron chi connectivity index (χ2n) is 6.45. The molecule has 146 valence electrons. The fraction of sp³-hybridized carbons (Fsp3) is 0.150. The zero-order valence-electron chi connectivity index (χ0n) is 15.2. The molecule has 3 heterocycles. The van der Waals surface area contributed by atoms with E-state index in [9.17, 15) is 0 Å². The lowest BCUT2D eigenvalue weighted by molar-refractivity contribution is 0.174. The van der Waals surface area contributed by atoms with Crippen LogP contribution in [-0.4, -0.2) is 26.3 Å². The van der Waals surface area contributed by atoms with Gasteiger partial charge in [-0.1, -0.05) is 42.1 Å². The third kappa shape index (κ3) is 3.51. The van der Waals surface area contributed by atoms with Crippen LogP contribution < -0.4 is 15.2 Å². The van der Waals surface area contributed by atoms with E-state index >= 15 is 0 Å². The first-order chi connectivity index (χ1) is 14.2. The number of nitrogens with zero attached hydrogens (tertiary/aromatic N) is 4. The molecule has 0 aliphatic carbocycles. The summed E-state index contributed by atoms with van der Waals surface area (Å²) in [5.41, 5.74) is 8.65. The van der Waals surface area contributed by atoms with Crippen molar-refractivity contribution >= 4 is 44.7 Å². The summed E-state index contributed by atoms with van der Waals surface area (Å²) in [6.45, 7) is 0.957. The van der Waals surface area contributed by atoms with Gasteiger partial charge in [0, 0.05) is 15.9 Å². The van der Waals surface area contributed by atoms with E-state index in [2.05, 4.69) is 42.6 Å². The van der Waals surface area contributed by atoms with Crippen LogP contribution in [0, 0.1) is 0 Å². The van der Waals surface area contributed by atoms with E-state index in [0.29, 0.717) is 11.3 Å². The Morgan fingerprint density at radius 1 is 1.10 bits per heavy atom. The third-order valence-electron chi connectivity index (χ3n) is 4.62. The maximum atomic E-state index is 6.06. The van der Waals surface area contributed by atoms with E-state index in [4.69, 9.17) is 20.2 Å². The van der Waals surface area contributed by atoms with Gasteiger partial charge in [-0.05, 0) is 40.0 Å². The Morgan fingerprint density at radius 3 is 2.72 bits per heavy atom. The Balaban J connectivity index is 1.53. The molecule has 0 radical (unpaired) electrons. The van der Waals surface area contributed by atoms with Crippen molar-refractivity contribution in [2.45, 2.75) is 23.0 Å². The van der Waals surface area contributed by atoms with Crippen molar-refractivity contribution in [2.24, 2.45) is 0 Å². The molecule has 2 N–H and O–H groups in total. The summed E-state index contributed by atoms with van der Waals surface area (Å²) in [6, 6.07) is 14.2. The molecule has 0 bridgehead atoms. The molecule has 29 heavy (non-hydrogen) atoms. The quantitative estimate of drug-likeness (QED) is 0.466. The first-order valence-corrected chi connectivity index (χ1v) is 10.6. The lowest BCUT2D eigenvalue weighted by Gasteiger charge is -2.10. The summed E-state index contributed by atoms with van der Waals surface area (Å²) in [6.07, 6.45) is 2.33. The molecule has 1 aliphatic rings. The van der Waals surface area contributed by atoms with Crippen molar-refractivity contribution in [2.75, 3.05) is 12.5 Å². The molecule has 0 amide bonds. The number of nitrogens with two attached hydrogens (primary N) is 1. The lowest BCUT2D eigenvalue weighted by Crippen LogP contribution is -2.04. The van der Waals surface area contributed by atoms with Crippen LogP contribution in [0.2, 0.25) is 0 Å². The number of anilines is 1. The van der Waals surface area contributed by atoms with Gasteiger partial charge in [-0.3, -0.25) is 0 Å². The van der Waals surface area contributed by atoms with Gasteiger partial charge in [-0.2, -0.15) is 0 Å². The number of imidazole rings is 1. The topological polar surface area (TPSA) is 88.1 Å². The molecule has 0 atom stereocenters. The summed E-state index contributed by atoms with van der Waals surface area (Å²) in [7, 11) is 0. The highest BCUT2D eigenvalue weighted by atomic mass is 79.9. The Hall–Kier alpha value is -2.78. The van der Waals surface area contributed by atoms with Crippen LogP contribution in [0.5, 0.6) is 11.5 Å². The molecule has 4 aromatic rings. The van der Waals surface area contributed by atoms with Gasteiger partial charge in [0.2, 0.25) is 6.79 Å². The molecular formula is C20H16BrN5O2S. The van der Waals surface area contributed by atoms with Crippen LogP contribution >= 0.6 is 27.7 Å². The van der Waals surface area contributed by atoms with E-state index in [-0.39, 0.29) is 6.79 Å². The van der Waals surface area contributed by atoms with Crippen LogP contribution in [0.3, 0.4) is 0 Å². The predicted octanol–water partition coefficient (Wildman–Crippen LogP) is 4.29. The highest BCUT2D eigenvalue weighted by Gasteiger charge is 2.20. The van der Waals surface area contributed by atoms with Crippen LogP contribution in [-0.2, 0) is 13.0 Å². The average molecular weight is 470 g/mol. The van der Waals surface area contributed by atoms with Crippen LogP contribution in [0.25, 0.3) is 11.2 Å². The molecule has 0 saturated carbocycles. The first-order valence-electron chi connectivity index (χ1n) is 8.96. The van der Waals surface area contributed by atoms with Gasteiger partial charge in [0.05, 0.1) is 0 Å². The number of aryl methyl sites for hydroxylation is 2. The zero-order chi connectivity index (χ0) is 19.8. The second-order valence-corrected chi connectivity index (χ2v) is 8.31. The van der Waals surface area contributed by atoms with Crippen LogP contribution in [0.15, 0.2) is 63.3 Å². The fourth-order valence-electron chi connectivity index (χ4n) is 3.17. The number of fused-ring (bicyclic) bond motifs is 2. The number of rotatable bonds is 5. The SMILES string of the molecule is Nc1ncnc2c1nc(Sc1cc3c(cc1Br)OCO3)n2CCc1ccccc1. The summed E-state index contributed by atoms with van der Waals surface area (Å²) < 4.78 is 14.0. The summed E-state index contributed by atoms with van der Waals surface area (Å²) in [5, 5.41) is 0.794. The highest BCUT2D eigenvalue weighted by molar-refractivity contribution is 9.10. The van der Waals surface area contributed by atoms with Crippen molar-refractivity contribution in [1.29, 1.82) is 0 Å². The Labute approximate surface area is 179 Å². The highest BCUT2D eigenvalue weighted by Crippen LogP contribution is 2.43. The van der Waals surface area contributed by atoms with E-state index in [0.717, 1.165) is 44.6 Å². The van der Waals surface area contributed by atoms with Gasteiger partial charge >= 0.3 is 0 Å². The number of halogens is 1. The van der Waals surface area contributed by atoms with Gasteiger partial charge < -0.3 is 19.8 Å². The maximum Gasteiger partial charge on any atom is 0.231 e. The minimum absolute atomic E-state index is 0.234. The molecule has 1 aliphatic heterocycles. The summed E-state index contributed by atoms with van der Waals surface area (Å²) in [4.78, 5) is 14.2. The Kier molecular flexibility index (Phi) is 4.76. The van der Waals surface area contributed by atoms with Crippen LogP contribution in [0.4, 0.5) is 5.82 Å². The Bertz CT molecular complexity index is 1200. The smallest absolute Gasteiger partial charge is 0.231 e. The van der Waals surface area contributed by atoms with Crippen molar-refractivity contribution in [3.05, 3.63) is 58.8 Å². The molecule has 5 rings (SSSR count). The number of hydrogen-bond donors (Lipinski definition) is 1. The average Bonchev–Trinajstić information content (AvgIpc) is 3.32. The molecule has 0 spiro atoms. The molecule has 0 unspecified atom stereocenters. The molecule has 0 saturated heterocycles. The lowest BCUT2D eigenvalue weighted by atomic mass is 10.1. The Morgan fingerprint density at radius 2 is 1.90 bits per heavy atom. The van der Waals surface area contributed by atoms with E-state index in [1.165, 1.54) is 23.7 Å². The van der Waals surface area contributed by atoms with Crippen molar-refractivity contribution in [3.63, 3.8) is 0 Å². The number of hydrogen-bond acceptors (Lipinski definition) is 7. The molecule has 7 nitrogen and oxygen atoms in total. The molecule has 9 heteroatoms. The van der Waals surface area contributed by atoms with Gasteiger partial charge in [0.25, 0.3) is 0 Å². The molecule has 0 fully saturated rings. The third-order valence-corrected chi connectivity index (χ3v) is 6.59. The van der Waals surface area contributed by atoms with E-state index < -0.39 is 0 Å². The zero-order valence-corrected chi connectivity index (χ0v) is 17.6. The van der Waals surface area contributed by atoms with E-state index in [1.807, 2.05) is 30.3 Å². The van der Waals surface area contributed by atoms with Crippen molar-refractivity contribution in [1.82, 2.24) is 19.5 Å². The molecule has 2 aromatic heterocycles. The normalized spacial score (nSPS) is 12.6. The van der Waals surface area contributed by atoms with Crippen molar-refractivity contribution < 1.29 is 9.47 Å². The maximum absolute atomic E-state index is 6.06. The van der Waals surface area contributed by atoms with Gasteiger partial charge in [0.1, 0.15) is 6.33 Å². The van der Waals surface area contributed by atoms with Gasteiger partial charge in [-0.25, -0.2) is 15.0 Å². The summed E-state index contributed by atoms with van der Waals surface area (Å²) in [5.74, 6) is 1.83. The standard InChI is InChI=1S/C20H16BrN5O2S/c21-13-8-14-15(28-11-27-14)9-16(13)29-20-25-17-18(22)23-10-24-19(17)26(20)7-6-12-4-2-1-3-5-12/h1-5,8-10H,6-7,11H2,(H2,22,23,24). The summed E-state index contributed by atoms with van der Waals surface area (Å²) >= 11 is 5.14. The largest absolute Gasteiger partial charge is 0.454 e. The number of benzene rings is 2. The second kappa shape index (κ2) is 7.57. The minimum Gasteiger partial charge on any atom is -0.454 e. The number of ether oxygens (including phenoxy) is 2. The molecule has 2 aromatic carbocycles. The fourth-order valence-corrected chi connectivity index (χ4v) is 4.68. The molecular weight excluding hydrogens is 454 g/mol. The number of aromatic nitrogens is 4. The monoisotopic (exact) mass is 469 g/mol. The minimum atomic E-state index is 0.234. The van der Waals surface area contributed by atoms with Crippen molar-refractivity contribution in [3.8, 4) is 11.5 Å². The predicted molar refractivity (Wildman–Crippen MR) is 114 cm³/mol. The van der Waals surface area contributed by atoms with Gasteiger partial charge in [-0.15, -0.1) is 0 Å². The van der Waals surface area contributed by atoms with Crippen LogP contribution in [0.1, 0.15) is 5.56 Å². The number of nitrogen functional groups attached to an aromatic ring is 1.